The maximum atomic E-state index is 5.46. The Morgan fingerprint density at radius 1 is 1.38 bits per heavy atom. The van der Waals surface area contributed by atoms with E-state index < -0.39 is 0 Å². The molecular formula is C11H19NO. The van der Waals surface area contributed by atoms with Gasteiger partial charge in [0.05, 0.1) is 12.8 Å². The molecule has 0 spiro atoms. The first-order valence-electron chi connectivity index (χ1n) is 4.57. The first-order chi connectivity index (χ1) is 6.07. The Kier molecular flexibility index (Phi) is 5.94. The van der Waals surface area contributed by atoms with Gasteiger partial charge < -0.3 is 4.74 Å². The second kappa shape index (κ2) is 6.46. The molecule has 0 heterocycles. The van der Waals surface area contributed by atoms with Crippen molar-refractivity contribution in [2.24, 2.45) is 4.99 Å². The summed E-state index contributed by atoms with van der Waals surface area (Å²) in [5, 5.41) is 0. The number of aliphatic imine (C=N–C) groups is 1. The smallest absolute Gasteiger partial charge is 0.139 e. The molecule has 0 atom stereocenters. The predicted molar refractivity (Wildman–Crippen MR) is 57.9 cm³/mol. The Bertz CT molecular complexity index is 222. The average Bonchev–Trinajstić information content (AvgIpc) is 2.03. The Morgan fingerprint density at radius 3 is 2.38 bits per heavy atom. The maximum Gasteiger partial charge on any atom is 0.139 e. The van der Waals surface area contributed by atoms with Gasteiger partial charge in [0.15, 0.2) is 0 Å². The van der Waals surface area contributed by atoms with Crippen LogP contribution in [0.25, 0.3) is 0 Å². The van der Waals surface area contributed by atoms with Crippen LogP contribution in [0.1, 0.15) is 34.1 Å². The summed E-state index contributed by atoms with van der Waals surface area (Å²) in [6, 6.07) is 0. The minimum Gasteiger partial charge on any atom is -0.492 e. The zero-order valence-corrected chi connectivity index (χ0v) is 9.05. The average molecular weight is 181 g/mol. The topological polar surface area (TPSA) is 21.6 Å². The zero-order valence-electron chi connectivity index (χ0n) is 9.05. The standard InChI is InChI=1S/C11H19NO/c1-6-7-13-11(9(2)3)8-12-10(4)5/h8H,2,6-7H2,1,3-5H3/b11-8+. The van der Waals surface area contributed by atoms with Crippen molar-refractivity contribution in [3.05, 3.63) is 24.1 Å². The summed E-state index contributed by atoms with van der Waals surface area (Å²) in [7, 11) is 0. The molecule has 0 aliphatic heterocycles. The highest BCUT2D eigenvalue weighted by atomic mass is 16.5. The van der Waals surface area contributed by atoms with E-state index in [9.17, 15) is 0 Å². The Balaban J connectivity index is 4.33. The van der Waals surface area contributed by atoms with Gasteiger partial charge in [-0.05, 0) is 32.8 Å². The molecule has 0 fully saturated rings. The third-order valence-electron chi connectivity index (χ3n) is 1.32. The van der Waals surface area contributed by atoms with E-state index in [0.29, 0.717) is 0 Å². The molecule has 2 nitrogen and oxygen atoms in total. The molecule has 0 N–H and O–H groups in total. The third-order valence-corrected chi connectivity index (χ3v) is 1.32. The van der Waals surface area contributed by atoms with Crippen LogP contribution in [-0.4, -0.2) is 12.3 Å². The van der Waals surface area contributed by atoms with Crippen molar-refractivity contribution in [1.82, 2.24) is 0 Å². The van der Waals surface area contributed by atoms with Crippen molar-refractivity contribution in [1.29, 1.82) is 0 Å². The van der Waals surface area contributed by atoms with Gasteiger partial charge in [0.2, 0.25) is 0 Å². The van der Waals surface area contributed by atoms with Crippen LogP contribution in [0.5, 0.6) is 0 Å². The minimum atomic E-state index is 0.719. The highest BCUT2D eigenvalue weighted by Crippen LogP contribution is 2.09. The number of ether oxygens (including phenoxy) is 1. The van der Waals surface area contributed by atoms with Crippen LogP contribution in [0, 0.1) is 0 Å². The van der Waals surface area contributed by atoms with Gasteiger partial charge >= 0.3 is 0 Å². The van der Waals surface area contributed by atoms with Gasteiger partial charge in [0.1, 0.15) is 5.76 Å². The summed E-state index contributed by atoms with van der Waals surface area (Å²) in [6.45, 7) is 12.4. The van der Waals surface area contributed by atoms with Crippen LogP contribution in [0.4, 0.5) is 0 Å². The van der Waals surface area contributed by atoms with E-state index in [1.54, 1.807) is 6.20 Å². The molecular weight excluding hydrogens is 162 g/mol. The maximum absolute atomic E-state index is 5.46. The SMILES string of the molecule is C=C(C)/C(=C\N=C(C)C)OCCC. The second-order valence-corrected chi connectivity index (χ2v) is 3.20. The summed E-state index contributed by atoms with van der Waals surface area (Å²) in [5.41, 5.74) is 1.93. The van der Waals surface area contributed by atoms with Crippen LogP contribution < -0.4 is 0 Å². The molecule has 0 aromatic heterocycles. The Labute approximate surface area is 81.0 Å². The van der Waals surface area contributed by atoms with Gasteiger partial charge in [-0.1, -0.05) is 13.5 Å². The van der Waals surface area contributed by atoms with E-state index in [1.807, 2.05) is 20.8 Å². The normalized spacial score (nSPS) is 10.9. The van der Waals surface area contributed by atoms with Crippen LogP contribution in [0.3, 0.4) is 0 Å². The molecule has 0 aliphatic rings. The van der Waals surface area contributed by atoms with E-state index in [1.165, 1.54) is 0 Å². The summed E-state index contributed by atoms with van der Waals surface area (Å²) in [5.74, 6) is 0.781. The van der Waals surface area contributed by atoms with Crippen LogP contribution in [0.15, 0.2) is 29.1 Å². The van der Waals surface area contributed by atoms with E-state index in [4.69, 9.17) is 4.74 Å². The number of hydrogen-bond donors (Lipinski definition) is 0. The predicted octanol–water partition coefficient (Wildman–Crippen LogP) is 3.31. The first kappa shape index (κ1) is 11.9. The molecule has 0 aromatic carbocycles. The third kappa shape index (κ3) is 6.14. The first-order valence-corrected chi connectivity index (χ1v) is 4.57. The van der Waals surface area contributed by atoms with Crippen molar-refractivity contribution in [3.63, 3.8) is 0 Å². The number of nitrogens with zero attached hydrogens (tertiary/aromatic N) is 1. The Morgan fingerprint density at radius 2 is 2.00 bits per heavy atom. The van der Waals surface area contributed by atoms with Gasteiger partial charge in [-0.3, -0.25) is 4.99 Å². The number of rotatable bonds is 5. The van der Waals surface area contributed by atoms with Gasteiger partial charge in [-0.15, -0.1) is 0 Å². The molecule has 74 valence electrons. The van der Waals surface area contributed by atoms with Gasteiger partial charge in [0.25, 0.3) is 0 Å². The Hall–Kier alpha value is -1.05. The van der Waals surface area contributed by atoms with Crippen LogP contribution in [0.2, 0.25) is 0 Å². The lowest BCUT2D eigenvalue weighted by atomic mass is 10.3. The highest BCUT2D eigenvalue weighted by Gasteiger charge is 1.96. The van der Waals surface area contributed by atoms with Crippen molar-refractivity contribution >= 4 is 5.71 Å². The van der Waals surface area contributed by atoms with Crippen molar-refractivity contribution in [3.8, 4) is 0 Å². The molecule has 0 aromatic rings. The van der Waals surface area contributed by atoms with Crippen molar-refractivity contribution in [2.45, 2.75) is 34.1 Å². The molecule has 0 radical (unpaired) electrons. The summed E-state index contributed by atoms with van der Waals surface area (Å²) >= 11 is 0. The quantitative estimate of drug-likeness (QED) is 0.362. The molecule has 0 amide bonds. The molecule has 13 heavy (non-hydrogen) atoms. The summed E-state index contributed by atoms with van der Waals surface area (Å²) in [6.07, 6.45) is 2.73. The molecule has 2 heteroatoms. The fourth-order valence-electron chi connectivity index (χ4n) is 0.670. The molecule has 0 rings (SSSR count). The summed E-state index contributed by atoms with van der Waals surface area (Å²) < 4.78 is 5.46. The van der Waals surface area contributed by atoms with E-state index in [2.05, 4.69) is 18.5 Å². The van der Waals surface area contributed by atoms with Crippen molar-refractivity contribution < 1.29 is 4.74 Å². The van der Waals surface area contributed by atoms with Crippen molar-refractivity contribution in [2.75, 3.05) is 6.61 Å². The van der Waals surface area contributed by atoms with Gasteiger partial charge in [-0.25, -0.2) is 0 Å². The van der Waals surface area contributed by atoms with E-state index in [0.717, 1.165) is 30.1 Å². The lowest BCUT2D eigenvalue weighted by Crippen LogP contribution is -1.94. The van der Waals surface area contributed by atoms with E-state index in [-0.39, 0.29) is 0 Å². The summed E-state index contributed by atoms with van der Waals surface area (Å²) in [4.78, 5) is 4.17. The van der Waals surface area contributed by atoms with E-state index >= 15 is 0 Å². The van der Waals surface area contributed by atoms with Gasteiger partial charge in [0, 0.05) is 5.71 Å². The van der Waals surface area contributed by atoms with Crippen LogP contribution >= 0.6 is 0 Å². The number of allylic oxidation sites excluding steroid dienone is 1. The zero-order chi connectivity index (χ0) is 10.3. The fraction of sp³-hybridized carbons (Fsp3) is 0.545. The minimum absolute atomic E-state index is 0.719. The lowest BCUT2D eigenvalue weighted by molar-refractivity contribution is 0.220. The highest BCUT2D eigenvalue weighted by molar-refractivity contribution is 5.79. The molecule has 0 unspecified atom stereocenters. The fourth-order valence-corrected chi connectivity index (χ4v) is 0.670. The molecule has 0 saturated carbocycles. The molecule has 0 bridgehead atoms. The van der Waals surface area contributed by atoms with Gasteiger partial charge in [-0.2, -0.15) is 0 Å². The molecule has 0 saturated heterocycles. The second-order valence-electron chi connectivity index (χ2n) is 3.20. The largest absolute Gasteiger partial charge is 0.492 e. The monoisotopic (exact) mass is 181 g/mol. The molecule has 0 aliphatic carbocycles. The number of hydrogen-bond acceptors (Lipinski definition) is 2. The van der Waals surface area contributed by atoms with Crippen LogP contribution in [-0.2, 0) is 4.74 Å². The lowest BCUT2D eigenvalue weighted by Gasteiger charge is -2.07.